The Bertz CT molecular complexity index is 209. The minimum Gasteiger partial charge on any atom is -0.469 e. The summed E-state index contributed by atoms with van der Waals surface area (Å²) in [6.07, 6.45) is -4.27. The summed E-state index contributed by atoms with van der Waals surface area (Å²) in [7, 11) is 1.30. The van der Waals surface area contributed by atoms with Gasteiger partial charge in [-0.15, -0.1) is 0 Å². The first-order valence-corrected chi connectivity index (χ1v) is 5.82. The summed E-state index contributed by atoms with van der Waals surface area (Å²) in [6, 6.07) is 0. The van der Waals surface area contributed by atoms with Gasteiger partial charge in [-0.05, 0) is 0 Å². The van der Waals surface area contributed by atoms with Gasteiger partial charge in [0, 0.05) is 11.5 Å². The third kappa shape index (κ3) is 8.84. The lowest BCUT2D eigenvalue weighted by Crippen LogP contribution is -2.18. The van der Waals surface area contributed by atoms with Crippen LogP contribution in [0.25, 0.3) is 0 Å². The molecule has 0 aliphatic heterocycles. The Morgan fingerprint density at radius 2 is 2.06 bits per heavy atom. The zero-order valence-electron chi connectivity index (χ0n) is 9.17. The van der Waals surface area contributed by atoms with E-state index in [0.29, 0.717) is 11.5 Å². The molecule has 0 fully saturated rings. The van der Waals surface area contributed by atoms with Gasteiger partial charge in [0.1, 0.15) is 6.61 Å². The highest BCUT2D eigenvalue weighted by molar-refractivity contribution is 7.99. The topological polar surface area (TPSA) is 35.5 Å². The minimum absolute atomic E-state index is 0.0259. The van der Waals surface area contributed by atoms with Crippen LogP contribution < -0.4 is 0 Å². The van der Waals surface area contributed by atoms with Crippen molar-refractivity contribution in [3.05, 3.63) is 0 Å². The highest BCUT2D eigenvalue weighted by Crippen LogP contribution is 2.15. The molecule has 0 aromatic rings. The predicted molar refractivity (Wildman–Crippen MR) is 55.4 cm³/mol. The van der Waals surface area contributed by atoms with E-state index in [1.807, 2.05) is 0 Å². The molecule has 0 N–H and O–H groups in total. The van der Waals surface area contributed by atoms with Crippen LogP contribution in [0, 0.1) is 5.92 Å². The van der Waals surface area contributed by atoms with Crippen LogP contribution in [0.5, 0.6) is 0 Å². The van der Waals surface area contributed by atoms with Gasteiger partial charge in [0.15, 0.2) is 0 Å². The molecule has 0 heterocycles. The molecule has 0 saturated heterocycles. The number of rotatable bonds is 7. The lowest BCUT2D eigenvalue weighted by Gasteiger charge is -2.09. The highest BCUT2D eigenvalue weighted by atomic mass is 32.2. The Morgan fingerprint density at radius 3 is 2.56 bits per heavy atom. The van der Waals surface area contributed by atoms with Crippen molar-refractivity contribution in [2.45, 2.75) is 13.1 Å². The van der Waals surface area contributed by atoms with Crippen molar-refractivity contribution < 1.29 is 27.4 Å². The van der Waals surface area contributed by atoms with Gasteiger partial charge in [-0.1, -0.05) is 6.92 Å². The average Bonchev–Trinajstić information content (AvgIpc) is 2.20. The Morgan fingerprint density at radius 1 is 1.44 bits per heavy atom. The van der Waals surface area contributed by atoms with E-state index in [-0.39, 0.29) is 18.5 Å². The van der Waals surface area contributed by atoms with Crippen LogP contribution >= 0.6 is 11.8 Å². The van der Waals surface area contributed by atoms with E-state index in [1.54, 1.807) is 6.92 Å². The van der Waals surface area contributed by atoms with Crippen LogP contribution in [0.2, 0.25) is 0 Å². The smallest absolute Gasteiger partial charge is 0.411 e. The number of halogens is 3. The maximum absolute atomic E-state index is 11.7. The number of methoxy groups -OCH3 is 1. The van der Waals surface area contributed by atoms with E-state index in [4.69, 9.17) is 0 Å². The molecule has 0 aliphatic carbocycles. The number of thioether (sulfide) groups is 1. The van der Waals surface area contributed by atoms with Crippen molar-refractivity contribution in [2.24, 2.45) is 5.92 Å². The second-order valence-electron chi connectivity index (χ2n) is 3.17. The Kier molecular flexibility index (Phi) is 7.57. The van der Waals surface area contributed by atoms with Crippen molar-refractivity contribution in [3.63, 3.8) is 0 Å². The molecule has 0 rings (SSSR count). The Hall–Kier alpha value is -0.430. The number of hydrogen-bond donors (Lipinski definition) is 0. The Labute approximate surface area is 96.7 Å². The molecule has 0 aromatic carbocycles. The molecule has 0 aliphatic rings. The highest BCUT2D eigenvalue weighted by Gasteiger charge is 2.27. The molecule has 0 aromatic heterocycles. The first-order chi connectivity index (χ1) is 7.37. The predicted octanol–water partition coefficient (Wildman–Crippen LogP) is 2.11. The number of esters is 1. The number of hydrogen-bond acceptors (Lipinski definition) is 4. The molecule has 1 atom stereocenters. The summed E-state index contributed by atoms with van der Waals surface area (Å²) in [4.78, 5) is 10.9. The monoisotopic (exact) mass is 260 g/mol. The molecule has 0 radical (unpaired) electrons. The van der Waals surface area contributed by atoms with E-state index in [2.05, 4.69) is 9.47 Å². The normalized spacial score (nSPS) is 13.6. The second-order valence-corrected chi connectivity index (χ2v) is 4.32. The molecule has 0 spiro atoms. The number of carbonyl (C=O) groups excluding carboxylic acids is 1. The summed E-state index contributed by atoms with van der Waals surface area (Å²) in [5.74, 6) is 0.376. The summed E-state index contributed by atoms with van der Waals surface area (Å²) < 4.78 is 43.9. The van der Waals surface area contributed by atoms with Gasteiger partial charge in [0.05, 0.1) is 19.6 Å². The van der Waals surface area contributed by atoms with Gasteiger partial charge in [0.2, 0.25) is 0 Å². The average molecular weight is 260 g/mol. The number of ether oxygens (including phenoxy) is 2. The van der Waals surface area contributed by atoms with Crippen LogP contribution in [-0.4, -0.2) is 44.0 Å². The quantitative estimate of drug-likeness (QED) is 0.519. The zero-order valence-corrected chi connectivity index (χ0v) is 9.99. The summed E-state index contributed by atoms with van der Waals surface area (Å²) in [6.45, 7) is 0.508. The minimum atomic E-state index is -4.27. The molecule has 0 amide bonds. The van der Waals surface area contributed by atoms with Crippen molar-refractivity contribution >= 4 is 17.7 Å². The lowest BCUT2D eigenvalue weighted by molar-refractivity contribution is -0.172. The van der Waals surface area contributed by atoms with Crippen molar-refractivity contribution in [3.8, 4) is 0 Å². The van der Waals surface area contributed by atoms with Crippen molar-refractivity contribution in [1.82, 2.24) is 0 Å². The van der Waals surface area contributed by atoms with Crippen LogP contribution in [0.1, 0.15) is 6.92 Å². The van der Waals surface area contributed by atoms with Crippen LogP contribution in [0.4, 0.5) is 13.2 Å². The van der Waals surface area contributed by atoms with Gasteiger partial charge >= 0.3 is 12.1 Å². The van der Waals surface area contributed by atoms with Crippen LogP contribution in [-0.2, 0) is 14.3 Å². The van der Waals surface area contributed by atoms with E-state index in [1.165, 1.54) is 18.9 Å². The molecule has 3 nitrogen and oxygen atoms in total. The van der Waals surface area contributed by atoms with Crippen molar-refractivity contribution in [2.75, 3.05) is 31.8 Å². The van der Waals surface area contributed by atoms with Crippen LogP contribution in [0.3, 0.4) is 0 Å². The van der Waals surface area contributed by atoms with E-state index < -0.39 is 12.8 Å². The van der Waals surface area contributed by atoms with Crippen LogP contribution in [0.15, 0.2) is 0 Å². The third-order valence-corrected chi connectivity index (χ3v) is 2.80. The maximum Gasteiger partial charge on any atom is 0.411 e. The van der Waals surface area contributed by atoms with Gasteiger partial charge in [0.25, 0.3) is 0 Å². The van der Waals surface area contributed by atoms with Gasteiger partial charge < -0.3 is 9.47 Å². The zero-order chi connectivity index (χ0) is 12.6. The summed E-state index contributed by atoms with van der Waals surface area (Å²) >= 11 is 1.36. The molecular weight excluding hydrogens is 245 g/mol. The van der Waals surface area contributed by atoms with Crippen molar-refractivity contribution in [1.29, 1.82) is 0 Å². The van der Waals surface area contributed by atoms with Gasteiger partial charge in [-0.25, -0.2) is 0 Å². The third-order valence-electron chi connectivity index (χ3n) is 1.61. The molecule has 96 valence electrons. The molecule has 7 heteroatoms. The molecule has 1 unspecified atom stereocenters. The van der Waals surface area contributed by atoms with E-state index in [9.17, 15) is 18.0 Å². The standard InChI is InChI=1S/C9H15F3O3S/c1-7(8(13)14-2)5-16-4-3-15-6-9(10,11)12/h7H,3-6H2,1-2H3. The lowest BCUT2D eigenvalue weighted by atomic mass is 10.2. The molecular formula is C9H15F3O3S. The maximum atomic E-state index is 11.7. The van der Waals surface area contributed by atoms with Gasteiger partial charge in [-0.3, -0.25) is 4.79 Å². The molecule has 0 bridgehead atoms. The molecule has 0 saturated carbocycles. The first kappa shape index (κ1) is 15.6. The van der Waals surface area contributed by atoms with E-state index >= 15 is 0 Å². The van der Waals surface area contributed by atoms with Gasteiger partial charge in [-0.2, -0.15) is 24.9 Å². The fraction of sp³-hybridized carbons (Fsp3) is 0.889. The second kappa shape index (κ2) is 7.78. The summed E-state index contributed by atoms with van der Waals surface area (Å²) in [5.41, 5.74) is 0. The largest absolute Gasteiger partial charge is 0.469 e. The first-order valence-electron chi connectivity index (χ1n) is 4.67. The summed E-state index contributed by atoms with van der Waals surface area (Å²) in [5, 5.41) is 0. The Balaban J connectivity index is 3.37. The number of alkyl halides is 3. The SMILES string of the molecule is COC(=O)C(C)CSCCOCC(F)(F)F. The number of carbonyl (C=O) groups is 1. The van der Waals surface area contributed by atoms with E-state index in [0.717, 1.165) is 0 Å². The molecule has 16 heavy (non-hydrogen) atoms. The fourth-order valence-corrected chi connectivity index (χ4v) is 1.73. The fourth-order valence-electron chi connectivity index (χ4n) is 0.835.